The van der Waals surface area contributed by atoms with Crippen LogP contribution in [0.2, 0.25) is 0 Å². The fourth-order valence-corrected chi connectivity index (χ4v) is 3.17. The molecule has 0 saturated carbocycles. The molecule has 2 aromatic heterocycles. The summed E-state index contributed by atoms with van der Waals surface area (Å²) in [6.07, 6.45) is 0.872. The Balaban J connectivity index is 1.44. The zero-order valence-corrected chi connectivity index (χ0v) is 14.7. The number of carbonyl (C=O) groups excluding carboxylic acids is 1. The molecule has 0 spiro atoms. The molecule has 8 nitrogen and oxygen atoms in total. The van der Waals surface area contributed by atoms with Gasteiger partial charge in [-0.25, -0.2) is 0 Å². The molecule has 1 atom stereocenters. The van der Waals surface area contributed by atoms with Crippen molar-refractivity contribution in [3.63, 3.8) is 0 Å². The van der Waals surface area contributed by atoms with Gasteiger partial charge in [0.25, 0.3) is 5.91 Å². The van der Waals surface area contributed by atoms with Gasteiger partial charge in [0.2, 0.25) is 0 Å². The van der Waals surface area contributed by atoms with E-state index in [1.165, 1.54) is 0 Å². The molecule has 0 radical (unpaired) electrons. The number of hydrogen-bond acceptors (Lipinski definition) is 6. The maximum atomic E-state index is 12.5. The van der Waals surface area contributed by atoms with Gasteiger partial charge in [0.05, 0.1) is 7.11 Å². The van der Waals surface area contributed by atoms with Gasteiger partial charge in [0.15, 0.2) is 11.5 Å². The van der Waals surface area contributed by atoms with Gasteiger partial charge in [0.1, 0.15) is 11.6 Å². The summed E-state index contributed by atoms with van der Waals surface area (Å²) >= 11 is 0. The number of aryl methyl sites for hydroxylation is 1. The van der Waals surface area contributed by atoms with Crippen LogP contribution < -0.4 is 15.0 Å². The van der Waals surface area contributed by atoms with Gasteiger partial charge in [-0.05, 0) is 43.7 Å². The second-order valence-electron chi connectivity index (χ2n) is 6.35. The summed E-state index contributed by atoms with van der Waals surface area (Å²) in [5, 5.41) is 15.8. The lowest BCUT2D eigenvalue weighted by atomic mass is 10.2. The van der Waals surface area contributed by atoms with Crippen molar-refractivity contribution < 1.29 is 9.53 Å². The average Bonchev–Trinajstić information content (AvgIpc) is 3.28. The second kappa shape index (κ2) is 6.62. The molecule has 1 N–H and O–H groups in total. The minimum absolute atomic E-state index is 0.0770. The van der Waals surface area contributed by atoms with Crippen molar-refractivity contribution in [1.29, 1.82) is 0 Å². The first-order valence-electron chi connectivity index (χ1n) is 8.53. The summed E-state index contributed by atoms with van der Waals surface area (Å²) in [4.78, 5) is 14.6. The van der Waals surface area contributed by atoms with Crippen LogP contribution in [0.3, 0.4) is 0 Å². The summed E-state index contributed by atoms with van der Waals surface area (Å²) in [6, 6.07) is 11.1. The molecule has 1 saturated heterocycles. The van der Waals surface area contributed by atoms with E-state index in [1.54, 1.807) is 23.8 Å². The van der Waals surface area contributed by atoms with E-state index in [-0.39, 0.29) is 11.9 Å². The number of hydrogen-bond donors (Lipinski definition) is 1. The highest BCUT2D eigenvalue weighted by atomic mass is 16.5. The number of methoxy groups -OCH3 is 1. The summed E-state index contributed by atoms with van der Waals surface area (Å²) < 4.78 is 6.91. The predicted molar refractivity (Wildman–Crippen MR) is 96.6 cm³/mol. The quantitative estimate of drug-likeness (QED) is 0.765. The van der Waals surface area contributed by atoms with Crippen LogP contribution in [0.15, 0.2) is 36.4 Å². The molecule has 3 aromatic rings. The number of benzene rings is 1. The van der Waals surface area contributed by atoms with Gasteiger partial charge >= 0.3 is 0 Å². The van der Waals surface area contributed by atoms with Crippen molar-refractivity contribution >= 4 is 17.4 Å². The lowest BCUT2D eigenvalue weighted by molar-refractivity contribution is 0.0940. The highest BCUT2D eigenvalue weighted by Gasteiger charge is 2.25. The Labute approximate surface area is 150 Å². The summed E-state index contributed by atoms with van der Waals surface area (Å²) in [6.45, 7) is 3.43. The molecule has 134 valence electrons. The van der Waals surface area contributed by atoms with E-state index in [1.807, 2.05) is 31.2 Å². The number of rotatable bonds is 4. The van der Waals surface area contributed by atoms with Crippen LogP contribution in [-0.2, 0) is 0 Å². The average molecular weight is 352 g/mol. The number of anilines is 1. The minimum atomic E-state index is -0.0891. The third-order valence-electron chi connectivity index (χ3n) is 4.58. The third-order valence-corrected chi connectivity index (χ3v) is 4.58. The number of amides is 1. The summed E-state index contributed by atoms with van der Waals surface area (Å²) in [7, 11) is 1.59. The van der Waals surface area contributed by atoms with Gasteiger partial charge in [0, 0.05) is 24.7 Å². The molecule has 1 unspecified atom stereocenters. The predicted octanol–water partition coefficient (Wildman–Crippen LogP) is 1.45. The summed E-state index contributed by atoms with van der Waals surface area (Å²) in [5.41, 5.74) is 1.33. The number of nitrogens with one attached hydrogen (secondary N) is 1. The number of aromatic nitrogens is 4. The van der Waals surface area contributed by atoms with E-state index in [2.05, 4.69) is 25.5 Å². The van der Waals surface area contributed by atoms with E-state index in [9.17, 15) is 4.79 Å². The second-order valence-corrected chi connectivity index (χ2v) is 6.35. The van der Waals surface area contributed by atoms with Crippen LogP contribution >= 0.6 is 0 Å². The maximum absolute atomic E-state index is 12.5. The smallest absolute Gasteiger partial charge is 0.251 e. The van der Waals surface area contributed by atoms with Crippen molar-refractivity contribution in [2.24, 2.45) is 0 Å². The van der Waals surface area contributed by atoms with Crippen molar-refractivity contribution in [1.82, 2.24) is 25.1 Å². The van der Waals surface area contributed by atoms with Crippen molar-refractivity contribution in [2.75, 3.05) is 25.1 Å². The molecule has 1 aliphatic rings. The first-order valence-corrected chi connectivity index (χ1v) is 8.53. The topological polar surface area (TPSA) is 84.6 Å². The molecule has 8 heteroatoms. The third kappa shape index (κ3) is 3.05. The highest BCUT2D eigenvalue weighted by molar-refractivity contribution is 5.94. The van der Waals surface area contributed by atoms with E-state index in [4.69, 9.17) is 4.74 Å². The van der Waals surface area contributed by atoms with Crippen LogP contribution in [0, 0.1) is 6.92 Å². The first-order chi connectivity index (χ1) is 12.6. The zero-order chi connectivity index (χ0) is 18.1. The lowest BCUT2D eigenvalue weighted by Crippen LogP contribution is -2.37. The van der Waals surface area contributed by atoms with Gasteiger partial charge in [-0.1, -0.05) is 6.07 Å². The Morgan fingerprint density at radius 2 is 2.15 bits per heavy atom. The largest absolute Gasteiger partial charge is 0.497 e. The van der Waals surface area contributed by atoms with Crippen LogP contribution in [0.4, 0.5) is 5.82 Å². The zero-order valence-electron chi connectivity index (χ0n) is 14.7. The molecule has 1 aromatic carbocycles. The fraction of sp³-hybridized carbons (Fsp3) is 0.333. The Morgan fingerprint density at radius 3 is 3.00 bits per heavy atom. The highest BCUT2D eigenvalue weighted by Crippen LogP contribution is 2.19. The molecule has 0 bridgehead atoms. The Bertz CT molecular complexity index is 954. The number of nitrogens with zero attached hydrogens (tertiary/aromatic N) is 5. The molecule has 3 heterocycles. The van der Waals surface area contributed by atoms with Crippen molar-refractivity contribution in [3.8, 4) is 5.75 Å². The van der Waals surface area contributed by atoms with Crippen LogP contribution in [0.5, 0.6) is 5.75 Å². The SMILES string of the molecule is COc1cccc(C(=O)NC2CCN(c3ccc4nnc(C)n4n3)C2)c1. The number of fused-ring (bicyclic) bond motifs is 1. The summed E-state index contributed by atoms with van der Waals surface area (Å²) in [5.74, 6) is 2.20. The van der Waals surface area contributed by atoms with E-state index in [0.717, 1.165) is 36.8 Å². The first kappa shape index (κ1) is 16.3. The molecule has 26 heavy (non-hydrogen) atoms. The Morgan fingerprint density at radius 1 is 1.27 bits per heavy atom. The molecular formula is C18H20N6O2. The van der Waals surface area contributed by atoms with Gasteiger partial charge in [-0.2, -0.15) is 4.52 Å². The van der Waals surface area contributed by atoms with E-state index >= 15 is 0 Å². The minimum Gasteiger partial charge on any atom is -0.497 e. The van der Waals surface area contributed by atoms with E-state index in [0.29, 0.717) is 11.3 Å². The number of carbonyl (C=O) groups is 1. The molecule has 0 aliphatic carbocycles. The maximum Gasteiger partial charge on any atom is 0.251 e. The monoisotopic (exact) mass is 352 g/mol. The Hall–Kier alpha value is -3.16. The standard InChI is InChI=1S/C18H20N6O2/c1-12-20-21-16-6-7-17(22-24(12)16)23-9-8-14(11-23)19-18(25)13-4-3-5-15(10-13)26-2/h3-7,10,14H,8-9,11H2,1-2H3,(H,19,25). The van der Waals surface area contributed by atoms with Crippen LogP contribution in [-0.4, -0.2) is 52.0 Å². The Kier molecular flexibility index (Phi) is 4.16. The van der Waals surface area contributed by atoms with Crippen LogP contribution in [0.1, 0.15) is 22.6 Å². The molecular weight excluding hydrogens is 332 g/mol. The van der Waals surface area contributed by atoms with Gasteiger partial charge in [-0.3, -0.25) is 4.79 Å². The fourth-order valence-electron chi connectivity index (χ4n) is 3.17. The molecule has 1 aliphatic heterocycles. The van der Waals surface area contributed by atoms with Crippen molar-refractivity contribution in [3.05, 3.63) is 47.8 Å². The van der Waals surface area contributed by atoms with Gasteiger partial charge in [-0.15, -0.1) is 15.3 Å². The molecule has 4 rings (SSSR count). The molecule has 1 fully saturated rings. The number of ether oxygens (including phenoxy) is 1. The molecule has 1 amide bonds. The van der Waals surface area contributed by atoms with Gasteiger partial charge < -0.3 is 15.0 Å². The van der Waals surface area contributed by atoms with Crippen LogP contribution in [0.25, 0.3) is 5.65 Å². The van der Waals surface area contributed by atoms with E-state index < -0.39 is 0 Å². The lowest BCUT2D eigenvalue weighted by Gasteiger charge is -2.18. The normalized spacial score (nSPS) is 16.8. The van der Waals surface area contributed by atoms with Crippen molar-refractivity contribution in [2.45, 2.75) is 19.4 Å².